The van der Waals surface area contributed by atoms with Crippen molar-refractivity contribution in [1.29, 1.82) is 0 Å². The van der Waals surface area contributed by atoms with E-state index in [9.17, 15) is 4.39 Å². The molecular weight excluding hydrogens is 321 g/mol. The highest BCUT2D eigenvalue weighted by atomic mass is 79.9. The predicted octanol–water partition coefficient (Wildman–Crippen LogP) is 4.77. The predicted molar refractivity (Wildman–Crippen MR) is 82.3 cm³/mol. The van der Waals surface area contributed by atoms with Gasteiger partial charge in [-0.15, -0.1) is 0 Å². The van der Waals surface area contributed by atoms with Crippen LogP contribution in [0.5, 0.6) is 0 Å². The topological polar surface area (TPSA) is 25.2 Å². The molecule has 0 fully saturated rings. The van der Waals surface area contributed by atoms with E-state index >= 15 is 0 Å². The van der Waals surface area contributed by atoms with E-state index < -0.39 is 0 Å². The van der Waals surface area contributed by atoms with Gasteiger partial charge in [0, 0.05) is 16.1 Å². The van der Waals surface area contributed by atoms with Crippen LogP contribution < -0.4 is 5.32 Å². The van der Waals surface area contributed by atoms with Gasteiger partial charge in [-0.05, 0) is 56.1 Å². The zero-order valence-corrected chi connectivity index (χ0v) is 13.3. The Kier molecular flexibility index (Phi) is 5.38. The van der Waals surface area contributed by atoms with Crippen molar-refractivity contribution < 1.29 is 8.81 Å². The minimum absolute atomic E-state index is 0.0659. The molecule has 2 aromatic rings. The Morgan fingerprint density at radius 3 is 2.80 bits per heavy atom. The molecule has 4 heteroatoms. The van der Waals surface area contributed by atoms with E-state index in [4.69, 9.17) is 4.42 Å². The van der Waals surface area contributed by atoms with Crippen LogP contribution in [0.2, 0.25) is 0 Å². The van der Waals surface area contributed by atoms with Gasteiger partial charge in [0.25, 0.3) is 0 Å². The van der Waals surface area contributed by atoms with Crippen molar-refractivity contribution in [2.45, 2.75) is 32.7 Å². The molecule has 1 aromatic carbocycles. The highest BCUT2D eigenvalue weighted by Gasteiger charge is 2.16. The number of hydrogen-bond acceptors (Lipinski definition) is 2. The summed E-state index contributed by atoms with van der Waals surface area (Å²) in [6, 6.07) is 7.12. The smallest absolute Gasteiger partial charge is 0.126 e. The molecule has 1 aromatic heterocycles. The first kappa shape index (κ1) is 15.3. The van der Waals surface area contributed by atoms with Crippen LogP contribution in [-0.4, -0.2) is 6.54 Å². The van der Waals surface area contributed by atoms with Gasteiger partial charge in [-0.1, -0.05) is 22.9 Å². The average molecular weight is 340 g/mol. The lowest BCUT2D eigenvalue weighted by molar-refractivity contribution is 0.495. The van der Waals surface area contributed by atoms with Crippen LogP contribution in [0.25, 0.3) is 0 Å². The Morgan fingerprint density at radius 2 is 2.15 bits per heavy atom. The summed E-state index contributed by atoms with van der Waals surface area (Å²) < 4.78 is 20.2. The molecule has 2 nitrogen and oxygen atoms in total. The van der Waals surface area contributed by atoms with Crippen LogP contribution in [0.1, 0.15) is 36.3 Å². The summed E-state index contributed by atoms with van der Waals surface area (Å²) >= 11 is 3.39. The van der Waals surface area contributed by atoms with Gasteiger partial charge in [0.2, 0.25) is 0 Å². The second-order valence-electron chi connectivity index (χ2n) is 4.94. The monoisotopic (exact) mass is 339 g/mol. The number of hydrogen-bond donors (Lipinski definition) is 1. The largest absolute Gasteiger partial charge is 0.469 e. The molecule has 0 spiro atoms. The summed E-state index contributed by atoms with van der Waals surface area (Å²) in [6.07, 6.45) is 3.39. The molecule has 1 unspecified atom stereocenters. The number of nitrogens with one attached hydrogen (secondary N) is 1. The van der Waals surface area contributed by atoms with Crippen molar-refractivity contribution in [3.8, 4) is 0 Å². The van der Waals surface area contributed by atoms with Crippen molar-refractivity contribution in [3.63, 3.8) is 0 Å². The maximum Gasteiger partial charge on any atom is 0.126 e. The minimum Gasteiger partial charge on any atom is -0.469 e. The zero-order chi connectivity index (χ0) is 14.5. The van der Waals surface area contributed by atoms with Crippen molar-refractivity contribution in [2.75, 3.05) is 6.54 Å². The third-order valence-electron chi connectivity index (χ3n) is 3.23. The van der Waals surface area contributed by atoms with Crippen molar-refractivity contribution in [2.24, 2.45) is 0 Å². The average Bonchev–Trinajstić information content (AvgIpc) is 2.85. The summed E-state index contributed by atoms with van der Waals surface area (Å²) in [7, 11) is 0. The van der Waals surface area contributed by atoms with Crippen LogP contribution in [0.3, 0.4) is 0 Å². The van der Waals surface area contributed by atoms with Crippen molar-refractivity contribution in [1.82, 2.24) is 5.32 Å². The fourth-order valence-electron chi connectivity index (χ4n) is 2.19. The van der Waals surface area contributed by atoms with Crippen LogP contribution in [-0.2, 0) is 6.42 Å². The van der Waals surface area contributed by atoms with E-state index in [1.54, 1.807) is 12.3 Å². The first-order valence-corrected chi connectivity index (χ1v) is 7.61. The highest BCUT2D eigenvalue weighted by Crippen LogP contribution is 2.24. The van der Waals surface area contributed by atoms with Crippen molar-refractivity contribution >= 4 is 15.9 Å². The maximum absolute atomic E-state index is 13.9. The number of aryl methyl sites for hydroxylation is 1. The van der Waals surface area contributed by atoms with Crippen LogP contribution in [0.4, 0.5) is 4.39 Å². The van der Waals surface area contributed by atoms with Crippen molar-refractivity contribution in [3.05, 3.63) is 57.7 Å². The molecule has 0 aliphatic heterocycles. The number of furan rings is 1. The van der Waals surface area contributed by atoms with Gasteiger partial charge in [0.05, 0.1) is 6.26 Å². The molecule has 0 bridgehead atoms. The third kappa shape index (κ3) is 3.93. The van der Waals surface area contributed by atoms with E-state index in [1.165, 1.54) is 6.07 Å². The zero-order valence-electron chi connectivity index (χ0n) is 11.7. The summed E-state index contributed by atoms with van der Waals surface area (Å²) in [5, 5.41) is 3.45. The SMILES string of the molecule is CCCNC(Cc1cc(Br)ccc1F)c1coc(C)c1. The van der Waals surface area contributed by atoms with Crippen LogP contribution in [0.15, 0.2) is 39.4 Å². The Morgan fingerprint density at radius 1 is 1.35 bits per heavy atom. The lowest BCUT2D eigenvalue weighted by Crippen LogP contribution is -2.24. The summed E-state index contributed by atoms with van der Waals surface area (Å²) in [6.45, 7) is 4.93. The van der Waals surface area contributed by atoms with Crippen LogP contribution in [0, 0.1) is 12.7 Å². The van der Waals surface area contributed by atoms with Gasteiger partial charge < -0.3 is 9.73 Å². The van der Waals surface area contributed by atoms with E-state index in [1.807, 2.05) is 19.1 Å². The van der Waals surface area contributed by atoms with Gasteiger partial charge in [0.15, 0.2) is 0 Å². The molecule has 0 radical (unpaired) electrons. The standard InChI is InChI=1S/C16H19BrFNO/c1-3-6-19-16(13-7-11(2)20-10-13)9-12-8-14(17)4-5-15(12)18/h4-5,7-8,10,16,19H,3,6,9H2,1-2H3. The van der Waals surface area contributed by atoms with Gasteiger partial charge in [-0.25, -0.2) is 4.39 Å². The molecule has 0 saturated carbocycles. The molecule has 1 N–H and O–H groups in total. The lowest BCUT2D eigenvalue weighted by atomic mass is 10.0. The third-order valence-corrected chi connectivity index (χ3v) is 3.72. The quantitative estimate of drug-likeness (QED) is 0.819. The molecule has 1 heterocycles. The second-order valence-corrected chi connectivity index (χ2v) is 5.85. The number of halogens is 2. The minimum atomic E-state index is -0.170. The van der Waals surface area contributed by atoms with Gasteiger partial charge >= 0.3 is 0 Å². The Bertz CT molecular complexity index is 567. The Labute approximate surface area is 127 Å². The molecule has 0 aliphatic carbocycles. The first-order valence-electron chi connectivity index (χ1n) is 6.82. The highest BCUT2D eigenvalue weighted by molar-refractivity contribution is 9.10. The molecule has 0 aliphatic rings. The molecule has 0 amide bonds. The van der Waals surface area contributed by atoms with Crippen LogP contribution >= 0.6 is 15.9 Å². The lowest BCUT2D eigenvalue weighted by Gasteiger charge is -2.17. The summed E-state index contributed by atoms with van der Waals surface area (Å²) in [5.74, 6) is 0.703. The number of rotatable bonds is 6. The number of benzene rings is 1. The van der Waals surface area contributed by atoms with E-state index in [0.717, 1.165) is 28.8 Å². The summed E-state index contributed by atoms with van der Waals surface area (Å²) in [4.78, 5) is 0. The second kappa shape index (κ2) is 7.04. The Balaban J connectivity index is 2.21. The van der Waals surface area contributed by atoms with E-state index in [-0.39, 0.29) is 11.9 Å². The molecule has 108 valence electrons. The normalized spacial score (nSPS) is 12.6. The summed E-state index contributed by atoms with van der Waals surface area (Å²) in [5.41, 5.74) is 1.77. The molecule has 0 saturated heterocycles. The molecule has 20 heavy (non-hydrogen) atoms. The fourth-order valence-corrected chi connectivity index (χ4v) is 2.60. The maximum atomic E-state index is 13.9. The first-order chi connectivity index (χ1) is 9.60. The van der Waals surface area contributed by atoms with E-state index in [2.05, 4.69) is 28.2 Å². The van der Waals surface area contributed by atoms with E-state index in [0.29, 0.717) is 12.0 Å². The molecule has 2 rings (SSSR count). The van der Waals surface area contributed by atoms with Gasteiger partial charge in [-0.2, -0.15) is 0 Å². The fraction of sp³-hybridized carbons (Fsp3) is 0.375. The molecule has 1 atom stereocenters. The molecular formula is C16H19BrFNO. The van der Waals surface area contributed by atoms with Gasteiger partial charge in [0.1, 0.15) is 11.6 Å². The Hall–Kier alpha value is -1.13. The van der Waals surface area contributed by atoms with Gasteiger partial charge in [-0.3, -0.25) is 0 Å².